The van der Waals surface area contributed by atoms with Gasteiger partial charge in [-0.2, -0.15) is 0 Å². The van der Waals surface area contributed by atoms with Crippen LogP contribution in [0, 0.1) is 0 Å². The molecule has 38 heavy (non-hydrogen) atoms. The predicted octanol–water partition coefficient (Wildman–Crippen LogP) is 12.7. The molecule has 0 aromatic carbocycles. The van der Waals surface area contributed by atoms with Crippen molar-refractivity contribution >= 4 is 0 Å². The molecule has 0 unspecified atom stereocenters. The maximum atomic E-state index is 5.30. The molecule has 0 spiro atoms. The molecule has 0 bridgehead atoms. The van der Waals surface area contributed by atoms with Crippen molar-refractivity contribution in [1.82, 2.24) is 0 Å². The topological polar surface area (TPSA) is 52.0 Å². The molecule has 0 amide bonds. The van der Waals surface area contributed by atoms with E-state index in [0.717, 1.165) is 12.8 Å². The van der Waals surface area contributed by atoms with E-state index in [9.17, 15) is 0 Å². The number of allylic oxidation sites excluding steroid dienone is 2. The zero-order valence-corrected chi connectivity index (χ0v) is 26.7. The normalized spacial score (nSPS) is 11.4. The van der Waals surface area contributed by atoms with Crippen molar-refractivity contribution in [2.75, 3.05) is 0 Å². The second-order valence-corrected chi connectivity index (χ2v) is 11.6. The van der Waals surface area contributed by atoms with Gasteiger partial charge in [-0.05, 0) is 38.1 Å². The fourth-order valence-electron chi connectivity index (χ4n) is 5.11. The lowest BCUT2D eigenvalue weighted by Crippen LogP contribution is -1.83. The molecule has 0 saturated carbocycles. The van der Waals surface area contributed by atoms with Gasteiger partial charge in [-0.3, -0.25) is 0 Å². The monoisotopic (exact) mass is 535 g/mol. The summed E-state index contributed by atoms with van der Waals surface area (Å²) in [4.78, 5) is 0. The lowest BCUT2D eigenvalue weighted by Gasteiger charge is -2.02. The van der Waals surface area contributed by atoms with Gasteiger partial charge in [-0.25, -0.2) is 0 Å². The van der Waals surface area contributed by atoms with Crippen molar-refractivity contribution in [3.05, 3.63) is 24.6 Å². The van der Waals surface area contributed by atoms with E-state index in [2.05, 4.69) is 26.0 Å². The van der Waals surface area contributed by atoms with Crippen LogP contribution in [0.15, 0.2) is 24.6 Å². The summed E-state index contributed by atoms with van der Waals surface area (Å²) < 4.78 is 0. The fraction of sp³-hybridized carbons (Fsp3) is 0.889. The Bertz CT molecular complexity index is 389. The van der Waals surface area contributed by atoms with Crippen molar-refractivity contribution in [1.29, 1.82) is 0 Å². The third kappa shape index (κ3) is 42.2. The standard InChI is InChI=1S/2C18H37N/c2*1-2-3-4-5-6-7-8-9-10-11-12-13-14-15-16-17-18-19/h2*17-18H,2-16,19H2,1H3. The summed E-state index contributed by atoms with van der Waals surface area (Å²) >= 11 is 0. The Labute approximate surface area is 242 Å². The molecular formula is C36H74N2. The van der Waals surface area contributed by atoms with Crippen LogP contribution in [0.2, 0.25) is 0 Å². The van der Waals surface area contributed by atoms with Crippen molar-refractivity contribution in [2.45, 2.75) is 206 Å². The van der Waals surface area contributed by atoms with Gasteiger partial charge in [0.1, 0.15) is 0 Å². The Hall–Kier alpha value is -0.920. The molecule has 228 valence electrons. The van der Waals surface area contributed by atoms with E-state index in [1.807, 2.05) is 0 Å². The number of nitrogens with two attached hydrogens (primary N) is 2. The summed E-state index contributed by atoms with van der Waals surface area (Å²) in [6.45, 7) is 4.57. The predicted molar refractivity (Wildman–Crippen MR) is 177 cm³/mol. The van der Waals surface area contributed by atoms with Crippen LogP contribution in [0.3, 0.4) is 0 Å². The second-order valence-electron chi connectivity index (χ2n) is 11.6. The minimum atomic E-state index is 1.16. The average Bonchev–Trinajstić information content (AvgIpc) is 2.93. The molecule has 0 aliphatic heterocycles. The molecule has 0 radical (unpaired) electrons. The molecule has 0 aliphatic rings. The lowest BCUT2D eigenvalue weighted by molar-refractivity contribution is 0.536. The smallest absolute Gasteiger partial charge is 0.0103 e. The highest BCUT2D eigenvalue weighted by molar-refractivity contribution is 4.75. The van der Waals surface area contributed by atoms with Gasteiger partial charge >= 0.3 is 0 Å². The summed E-state index contributed by atoms with van der Waals surface area (Å²) in [6.07, 6.45) is 49.8. The first kappa shape index (κ1) is 39.2. The van der Waals surface area contributed by atoms with Gasteiger partial charge in [0.05, 0.1) is 0 Å². The molecular weight excluding hydrogens is 460 g/mol. The summed E-state index contributed by atoms with van der Waals surface area (Å²) in [5, 5.41) is 0. The van der Waals surface area contributed by atoms with E-state index >= 15 is 0 Å². The Morgan fingerprint density at radius 3 is 0.658 bits per heavy atom. The Balaban J connectivity index is 0. The minimum Gasteiger partial charge on any atom is -0.405 e. The quantitative estimate of drug-likeness (QED) is 0.0900. The highest BCUT2D eigenvalue weighted by Gasteiger charge is 1.95. The van der Waals surface area contributed by atoms with Gasteiger partial charge in [0, 0.05) is 0 Å². The van der Waals surface area contributed by atoms with Crippen LogP contribution in [0.25, 0.3) is 0 Å². The SMILES string of the molecule is CCCCCCCCCCCCCCCCC=CN.CCCCCCCCCCCCCCCCC=CN. The van der Waals surface area contributed by atoms with E-state index in [-0.39, 0.29) is 0 Å². The molecule has 2 nitrogen and oxygen atoms in total. The zero-order chi connectivity index (χ0) is 28.0. The van der Waals surface area contributed by atoms with Crippen molar-refractivity contribution in [3.63, 3.8) is 0 Å². The number of rotatable bonds is 30. The first-order valence-corrected chi connectivity index (χ1v) is 17.6. The maximum Gasteiger partial charge on any atom is -0.0103 e. The highest BCUT2D eigenvalue weighted by Crippen LogP contribution is 2.14. The Morgan fingerprint density at radius 1 is 0.289 bits per heavy atom. The number of hydrogen-bond donors (Lipinski definition) is 2. The van der Waals surface area contributed by atoms with Gasteiger partial charge in [0.25, 0.3) is 0 Å². The van der Waals surface area contributed by atoms with Gasteiger partial charge in [-0.15, -0.1) is 0 Å². The van der Waals surface area contributed by atoms with Crippen LogP contribution in [0.4, 0.5) is 0 Å². The van der Waals surface area contributed by atoms with Crippen LogP contribution in [-0.4, -0.2) is 0 Å². The van der Waals surface area contributed by atoms with Gasteiger partial charge in [-0.1, -0.05) is 193 Å². The van der Waals surface area contributed by atoms with Crippen molar-refractivity contribution < 1.29 is 0 Å². The summed E-state index contributed by atoms with van der Waals surface area (Å²) in [6, 6.07) is 0. The zero-order valence-electron chi connectivity index (χ0n) is 26.7. The third-order valence-corrected chi connectivity index (χ3v) is 7.72. The van der Waals surface area contributed by atoms with E-state index in [0.29, 0.717) is 0 Å². The molecule has 0 heterocycles. The van der Waals surface area contributed by atoms with Crippen LogP contribution in [0.5, 0.6) is 0 Å². The van der Waals surface area contributed by atoms with E-state index in [1.54, 1.807) is 12.4 Å². The van der Waals surface area contributed by atoms with Crippen LogP contribution in [-0.2, 0) is 0 Å². The van der Waals surface area contributed by atoms with Gasteiger partial charge in [0.2, 0.25) is 0 Å². The molecule has 0 fully saturated rings. The average molecular weight is 535 g/mol. The highest BCUT2D eigenvalue weighted by atomic mass is 14.5. The van der Waals surface area contributed by atoms with Gasteiger partial charge in [0.15, 0.2) is 0 Å². The number of hydrogen-bond acceptors (Lipinski definition) is 2. The van der Waals surface area contributed by atoms with Crippen LogP contribution in [0.1, 0.15) is 206 Å². The lowest BCUT2D eigenvalue weighted by atomic mass is 10.0. The molecule has 0 rings (SSSR count). The van der Waals surface area contributed by atoms with Crippen LogP contribution >= 0.6 is 0 Å². The minimum absolute atomic E-state index is 1.16. The Kier molecular flexibility index (Phi) is 41.9. The summed E-state index contributed by atoms with van der Waals surface area (Å²) in [7, 11) is 0. The summed E-state index contributed by atoms with van der Waals surface area (Å²) in [5.41, 5.74) is 10.6. The first-order valence-electron chi connectivity index (χ1n) is 17.6. The van der Waals surface area contributed by atoms with Crippen molar-refractivity contribution in [2.24, 2.45) is 11.5 Å². The Morgan fingerprint density at radius 2 is 0.474 bits per heavy atom. The second kappa shape index (κ2) is 40.6. The van der Waals surface area contributed by atoms with Gasteiger partial charge < -0.3 is 11.5 Å². The van der Waals surface area contributed by atoms with E-state index in [4.69, 9.17) is 11.5 Å². The first-order chi connectivity index (χ1) is 18.8. The largest absolute Gasteiger partial charge is 0.405 e. The molecule has 0 aromatic heterocycles. The fourth-order valence-corrected chi connectivity index (χ4v) is 5.11. The van der Waals surface area contributed by atoms with E-state index in [1.165, 1.54) is 180 Å². The molecule has 0 aromatic rings. The van der Waals surface area contributed by atoms with Crippen LogP contribution < -0.4 is 11.5 Å². The van der Waals surface area contributed by atoms with E-state index < -0.39 is 0 Å². The molecule has 0 atom stereocenters. The molecule has 0 aliphatic carbocycles. The molecule has 0 saturated heterocycles. The molecule has 4 N–H and O–H groups in total. The summed E-state index contributed by atoms with van der Waals surface area (Å²) in [5.74, 6) is 0. The third-order valence-electron chi connectivity index (χ3n) is 7.72. The maximum absolute atomic E-state index is 5.30. The molecule has 2 heteroatoms. The number of unbranched alkanes of at least 4 members (excludes halogenated alkanes) is 28. The van der Waals surface area contributed by atoms with Crippen molar-refractivity contribution in [3.8, 4) is 0 Å².